The van der Waals surface area contributed by atoms with Crippen molar-refractivity contribution >= 4 is 11.6 Å². The molecule has 13 heavy (non-hydrogen) atoms. The third-order valence-electron chi connectivity index (χ3n) is 1.82. The van der Waals surface area contributed by atoms with E-state index in [9.17, 15) is 0 Å². The molecule has 0 spiro atoms. The first-order chi connectivity index (χ1) is 6.34. The maximum atomic E-state index is 5.77. The Morgan fingerprint density at radius 2 is 2.00 bits per heavy atom. The molecule has 1 aromatic heterocycles. The molecule has 2 aromatic rings. The average molecular weight is 193 g/mol. The SMILES string of the molecule is Clc1ccc(Cn2cccn2)cc1. The minimum Gasteiger partial charge on any atom is -0.268 e. The number of hydrogen-bond donors (Lipinski definition) is 0. The quantitative estimate of drug-likeness (QED) is 0.715. The number of rotatable bonds is 2. The van der Waals surface area contributed by atoms with Crippen molar-refractivity contribution in [2.45, 2.75) is 6.54 Å². The molecular formula is C10H9ClN2. The van der Waals surface area contributed by atoms with Gasteiger partial charge in [0.2, 0.25) is 0 Å². The molecule has 0 saturated heterocycles. The van der Waals surface area contributed by atoms with Gasteiger partial charge in [0.05, 0.1) is 6.54 Å². The molecule has 1 heterocycles. The number of halogens is 1. The Morgan fingerprint density at radius 1 is 1.23 bits per heavy atom. The minimum absolute atomic E-state index is 0.768. The zero-order valence-electron chi connectivity index (χ0n) is 7.02. The van der Waals surface area contributed by atoms with Crippen LogP contribution in [0.15, 0.2) is 42.7 Å². The van der Waals surface area contributed by atoms with E-state index in [0.717, 1.165) is 11.6 Å². The zero-order chi connectivity index (χ0) is 9.10. The van der Waals surface area contributed by atoms with E-state index in [4.69, 9.17) is 11.6 Å². The smallest absolute Gasteiger partial charge is 0.0659 e. The van der Waals surface area contributed by atoms with Gasteiger partial charge in [0.1, 0.15) is 0 Å². The fourth-order valence-electron chi connectivity index (χ4n) is 1.17. The third-order valence-corrected chi connectivity index (χ3v) is 2.07. The standard InChI is InChI=1S/C10H9ClN2/c11-10-4-2-9(3-5-10)8-13-7-1-6-12-13/h1-7H,8H2. The fraction of sp³-hybridized carbons (Fsp3) is 0.100. The molecule has 0 fully saturated rings. The van der Waals surface area contributed by atoms with E-state index in [-0.39, 0.29) is 0 Å². The topological polar surface area (TPSA) is 17.8 Å². The highest BCUT2D eigenvalue weighted by Crippen LogP contribution is 2.10. The van der Waals surface area contributed by atoms with Gasteiger partial charge in [-0.25, -0.2) is 0 Å². The highest BCUT2D eigenvalue weighted by Gasteiger charge is 1.94. The van der Waals surface area contributed by atoms with Crippen molar-refractivity contribution in [1.29, 1.82) is 0 Å². The molecule has 0 N–H and O–H groups in total. The summed E-state index contributed by atoms with van der Waals surface area (Å²) in [4.78, 5) is 0. The molecule has 0 unspecified atom stereocenters. The fourth-order valence-corrected chi connectivity index (χ4v) is 1.30. The van der Waals surface area contributed by atoms with E-state index in [0.29, 0.717) is 0 Å². The normalized spacial score (nSPS) is 10.2. The van der Waals surface area contributed by atoms with Crippen LogP contribution in [0.4, 0.5) is 0 Å². The van der Waals surface area contributed by atoms with Gasteiger partial charge in [0.15, 0.2) is 0 Å². The molecule has 0 atom stereocenters. The second-order valence-electron chi connectivity index (χ2n) is 2.83. The molecule has 3 heteroatoms. The highest BCUT2D eigenvalue weighted by molar-refractivity contribution is 6.30. The van der Waals surface area contributed by atoms with Crippen LogP contribution in [0.1, 0.15) is 5.56 Å². The van der Waals surface area contributed by atoms with Crippen LogP contribution in [-0.4, -0.2) is 9.78 Å². The van der Waals surface area contributed by atoms with E-state index in [1.807, 2.05) is 41.2 Å². The van der Waals surface area contributed by atoms with Gasteiger partial charge in [-0.3, -0.25) is 4.68 Å². The molecule has 0 radical (unpaired) electrons. The predicted molar refractivity (Wildman–Crippen MR) is 52.8 cm³/mol. The highest BCUT2D eigenvalue weighted by atomic mass is 35.5. The monoisotopic (exact) mass is 192 g/mol. The Bertz CT molecular complexity index is 364. The lowest BCUT2D eigenvalue weighted by Crippen LogP contribution is -1.98. The van der Waals surface area contributed by atoms with Gasteiger partial charge in [-0.2, -0.15) is 5.10 Å². The van der Waals surface area contributed by atoms with E-state index >= 15 is 0 Å². The molecule has 0 aliphatic heterocycles. The molecule has 66 valence electrons. The summed E-state index contributed by atoms with van der Waals surface area (Å²) < 4.78 is 1.88. The van der Waals surface area contributed by atoms with E-state index in [2.05, 4.69) is 5.10 Å². The van der Waals surface area contributed by atoms with Crippen LogP contribution in [-0.2, 0) is 6.54 Å². The molecule has 2 nitrogen and oxygen atoms in total. The van der Waals surface area contributed by atoms with Gasteiger partial charge in [-0.15, -0.1) is 0 Å². The molecule has 0 saturated carbocycles. The Kier molecular flexibility index (Phi) is 2.32. The van der Waals surface area contributed by atoms with Gasteiger partial charge < -0.3 is 0 Å². The minimum atomic E-state index is 0.768. The summed E-state index contributed by atoms with van der Waals surface area (Å²) in [6.45, 7) is 0.796. The third kappa shape index (κ3) is 2.10. The molecular weight excluding hydrogens is 184 g/mol. The maximum absolute atomic E-state index is 5.77. The van der Waals surface area contributed by atoms with Gasteiger partial charge in [0, 0.05) is 17.4 Å². The summed E-state index contributed by atoms with van der Waals surface area (Å²) in [5.41, 5.74) is 1.20. The molecule has 0 amide bonds. The summed E-state index contributed by atoms with van der Waals surface area (Å²) in [5.74, 6) is 0. The number of aromatic nitrogens is 2. The van der Waals surface area contributed by atoms with Crippen molar-refractivity contribution in [3.05, 3.63) is 53.3 Å². The summed E-state index contributed by atoms with van der Waals surface area (Å²) in [7, 11) is 0. The lowest BCUT2D eigenvalue weighted by molar-refractivity contribution is 0.687. The molecule has 0 aliphatic rings. The van der Waals surface area contributed by atoms with Crippen LogP contribution in [0, 0.1) is 0 Å². The number of benzene rings is 1. The lowest BCUT2D eigenvalue weighted by Gasteiger charge is -2.01. The second kappa shape index (κ2) is 3.62. The van der Waals surface area contributed by atoms with Crippen molar-refractivity contribution < 1.29 is 0 Å². The molecule has 0 aliphatic carbocycles. The lowest BCUT2D eigenvalue weighted by atomic mass is 10.2. The molecule has 1 aromatic carbocycles. The Labute approximate surface area is 81.8 Å². The van der Waals surface area contributed by atoms with Crippen LogP contribution < -0.4 is 0 Å². The largest absolute Gasteiger partial charge is 0.268 e. The summed E-state index contributed by atoms with van der Waals surface area (Å²) in [6.07, 6.45) is 3.71. The second-order valence-corrected chi connectivity index (χ2v) is 3.27. The van der Waals surface area contributed by atoms with Crippen LogP contribution in [0.25, 0.3) is 0 Å². The van der Waals surface area contributed by atoms with Crippen LogP contribution in [0.2, 0.25) is 5.02 Å². The molecule has 0 bridgehead atoms. The Hall–Kier alpha value is -1.28. The van der Waals surface area contributed by atoms with E-state index < -0.39 is 0 Å². The van der Waals surface area contributed by atoms with Crippen molar-refractivity contribution in [2.75, 3.05) is 0 Å². The maximum Gasteiger partial charge on any atom is 0.0659 e. The van der Waals surface area contributed by atoms with Gasteiger partial charge in [-0.1, -0.05) is 23.7 Å². The van der Waals surface area contributed by atoms with Crippen LogP contribution in [0.5, 0.6) is 0 Å². The molecule has 2 rings (SSSR count). The van der Waals surface area contributed by atoms with E-state index in [1.165, 1.54) is 5.56 Å². The van der Waals surface area contributed by atoms with E-state index in [1.54, 1.807) is 6.20 Å². The number of nitrogens with zero attached hydrogens (tertiary/aromatic N) is 2. The number of hydrogen-bond acceptors (Lipinski definition) is 1. The summed E-state index contributed by atoms with van der Waals surface area (Å²) in [6, 6.07) is 9.70. The first-order valence-corrected chi connectivity index (χ1v) is 4.44. The Balaban J connectivity index is 2.15. The first-order valence-electron chi connectivity index (χ1n) is 4.06. The van der Waals surface area contributed by atoms with Crippen LogP contribution >= 0.6 is 11.6 Å². The van der Waals surface area contributed by atoms with Crippen LogP contribution in [0.3, 0.4) is 0 Å². The Morgan fingerprint density at radius 3 is 2.62 bits per heavy atom. The van der Waals surface area contributed by atoms with Crippen molar-refractivity contribution in [1.82, 2.24) is 9.78 Å². The summed E-state index contributed by atoms with van der Waals surface area (Å²) in [5, 5.41) is 4.89. The van der Waals surface area contributed by atoms with Crippen molar-refractivity contribution in [2.24, 2.45) is 0 Å². The van der Waals surface area contributed by atoms with Gasteiger partial charge >= 0.3 is 0 Å². The average Bonchev–Trinajstić information content (AvgIpc) is 2.62. The predicted octanol–water partition coefficient (Wildman–Crippen LogP) is 2.58. The first kappa shape index (κ1) is 8.32. The van der Waals surface area contributed by atoms with Crippen molar-refractivity contribution in [3.8, 4) is 0 Å². The zero-order valence-corrected chi connectivity index (χ0v) is 7.78. The van der Waals surface area contributed by atoms with Gasteiger partial charge in [0.25, 0.3) is 0 Å². The summed E-state index contributed by atoms with van der Waals surface area (Å²) >= 11 is 5.77. The van der Waals surface area contributed by atoms with Crippen molar-refractivity contribution in [3.63, 3.8) is 0 Å². The van der Waals surface area contributed by atoms with Gasteiger partial charge in [-0.05, 0) is 23.8 Å².